The summed E-state index contributed by atoms with van der Waals surface area (Å²) < 4.78 is 2.93. The maximum atomic E-state index is 12.1. The highest BCUT2D eigenvalue weighted by molar-refractivity contribution is 9.10. The van der Waals surface area contributed by atoms with E-state index in [1.54, 1.807) is 0 Å². The van der Waals surface area contributed by atoms with Crippen LogP contribution in [0.3, 0.4) is 0 Å². The zero-order valence-electron chi connectivity index (χ0n) is 14.1. The molecule has 2 rings (SSSR count). The summed E-state index contributed by atoms with van der Waals surface area (Å²) in [6.07, 6.45) is 2.68. The van der Waals surface area contributed by atoms with Crippen LogP contribution in [0.5, 0.6) is 0 Å². The van der Waals surface area contributed by atoms with Crippen LogP contribution in [0.15, 0.2) is 34.9 Å². The standard InChI is InChI=1S/C17H21BrN4O4/c18-12-3-4-14-11(10-12)5-8-22(14)9-6-15(23)21-13(16(24)25)2-1-7-20-17(19)26/h3-5,8,10,13H,1-2,6-7,9H2,(H,21,23)(H,24,25)(H3,19,20,26). The largest absolute Gasteiger partial charge is 0.480 e. The number of hydrogen-bond acceptors (Lipinski definition) is 3. The molecular formula is C17H21BrN4O4. The van der Waals surface area contributed by atoms with E-state index in [0.717, 1.165) is 15.4 Å². The van der Waals surface area contributed by atoms with Crippen LogP contribution in [0.1, 0.15) is 19.3 Å². The van der Waals surface area contributed by atoms with Crippen LogP contribution >= 0.6 is 15.9 Å². The van der Waals surface area contributed by atoms with Crippen molar-refractivity contribution in [2.45, 2.75) is 31.8 Å². The third-order valence-electron chi connectivity index (χ3n) is 3.91. The van der Waals surface area contributed by atoms with E-state index < -0.39 is 18.0 Å². The van der Waals surface area contributed by atoms with Crippen molar-refractivity contribution in [1.29, 1.82) is 0 Å². The SMILES string of the molecule is NC(=O)NCCCC(NC(=O)CCn1ccc2cc(Br)ccc21)C(=O)O. The summed E-state index contributed by atoms with van der Waals surface area (Å²) in [7, 11) is 0. The Hall–Kier alpha value is -2.55. The Bertz CT molecular complexity index is 805. The fourth-order valence-corrected chi connectivity index (χ4v) is 3.01. The number of nitrogens with one attached hydrogen (secondary N) is 2. The Morgan fingerprint density at radius 3 is 2.73 bits per heavy atom. The fraction of sp³-hybridized carbons (Fsp3) is 0.353. The van der Waals surface area contributed by atoms with Crippen LogP contribution < -0.4 is 16.4 Å². The number of carboxylic acids is 1. The van der Waals surface area contributed by atoms with Gasteiger partial charge in [0.2, 0.25) is 5.91 Å². The zero-order chi connectivity index (χ0) is 19.1. The van der Waals surface area contributed by atoms with Gasteiger partial charge in [0.25, 0.3) is 0 Å². The van der Waals surface area contributed by atoms with Gasteiger partial charge in [-0.15, -0.1) is 0 Å². The molecule has 9 heteroatoms. The number of halogens is 1. The number of carbonyl (C=O) groups excluding carboxylic acids is 2. The van der Waals surface area contributed by atoms with Gasteiger partial charge in [0.05, 0.1) is 0 Å². The number of aromatic nitrogens is 1. The summed E-state index contributed by atoms with van der Waals surface area (Å²) in [5.74, 6) is -1.44. The first-order valence-corrected chi connectivity index (χ1v) is 8.96. The summed E-state index contributed by atoms with van der Waals surface area (Å²) in [6.45, 7) is 0.715. The molecule has 1 unspecified atom stereocenters. The minimum Gasteiger partial charge on any atom is -0.480 e. The van der Waals surface area contributed by atoms with E-state index in [2.05, 4.69) is 26.6 Å². The zero-order valence-corrected chi connectivity index (χ0v) is 15.7. The number of nitrogens with zero attached hydrogens (tertiary/aromatic N) is 1. The lowest BCUT2D eigenvalue weighted by Crippen LogP contribution is -2.41. The minimum atomic E-state index is -1.10. The van der Waals surface area contributed by atoms with Crippen LogP contribution in [0.25, 0.3) is 10.9 Å². The van der Waals surface area contributed by atoms with Crippen LogP contribution in [0, 0.1) is 0 Å². The highest BCUT2D eigenvalue weighted by Gasteiger charge is 2.19. The summed E-state index contributed by atoms with van der Waals surface area (Å²) in [6, 6.07) is 6.19. The van der Waals surface area contributed by atoms with Crippen molar-refractivity contribution in [3.05, 3.63) is 34.9 Å². The van der Waals surface area contributed by atoms with E-state index >= 15 is 0 Å². The first kappa shape index (κ1) is 19.8. The monoisotopic (exact) mass is 424 g/mol. The average molecular weight is 425 g/mol. The summed E-state index contributed by atoms with van der Waals surface area (Å²) in [4.78, 5) is 34.0. The normalized spacial score (nSPS) is 11.9. The lowest BCUT2D eigenvalue weighted by atomic mass is 10.1. The number of urea groups is 1. The van der Waals surface area contributed by atoms with Gasteiger partial charge < -0.3 is 26.0 Å². The second-order valence-corrected chi connectivity index (χ2v) is 6.77. The second-order valence-electron chi connectivity index (χ2n) is 5.85. The van der Waals surface area contributed by atoms with Crippen molar-refractivity contribution < 1.29 is 19.5 Å². The molecule has 0 aliphatic carbocycles. The van der Waals surface area contributed by atoms with Gasteiger partial charge in [-0.3, -0.25) is 4.79 Å². The molecule has 0 aliphatic heterocycles. The molecule has 1 atom stereocenters. The first-order valence-electron chi connectivity index (χ1n) is 8.16. The van der Waals surface area contributed by atoms with Crippen molar-refractivity contribution >= 4 is 44.7 Å². The van der Waals surface area contributed by atoms with Gasteiger partial charge >= 0.3 is 12.0 Å². The molecule has 0 saturated heterocycles. The number of amides is 3. The minimum absolute atomic E-state index is 0.170. The van der Waals surface area contributed by atoms with Gasteiger partial charge in [-0.1, -0.05) is 15.9 Å². The topological polar surface area (TPSA) is 126 Å². The van der Waals surface area contributed by atoms with Gasteiger partial charge in [-0.2, -0.15) is 0 Å². The molecular weight excluding hydrogens is 404 g/mol. The predicted molar refractivity (Wildman–Crippen MR) is 101 cm³/mol. The van der Waals surface area contributed by atoms with E-state index in [1.807, 2.05) is 35.0 Å². The third-order valence-corrected chi connectivity index (χ3v) is 4.41. The van der Waals surface area contributed by atoms with E-state index in [1.165, 1.54) is 0 Å². The number of primary amides is 1. The van der Waals surface area contributed by atoms with Crippen LogP contribution in [-0.2, 0) is 16.1 Å². The molecule has 0 saturated carbocycles. The van der Waals surface area contributed by atoms with Crippen LogP contribution in [0.2, 0.25) is 0 Å². The molecule has 2 aromatic rings. The summed E-state index contributed by atoms with van der Waals surface area (Å²) in [5.41, 5.74) is 5.95. The Morgan fingerprint density at radius 2 is 2.04 bits per heavy atom. The van der Waals surface area contributed by atoms with Gasteiger partial charge in [0.15, 0.2) is 0 Å². The van der Waals surface area contributed by atoms with Crippen LogP contribution in [0.4, 0.5) is 4.79 Å². The molecule has 0 aliphatic rings. The molecule has 1 aromatic heterocycles. The van der Waals surface area contributed by atoms with Gasteiger partial charge in [0, 0.05) is 41.1 Å². The number of nitrogens with two attached hydrogens (primary N) is 1. The lowest BCUT2D eigenvalue weighted by molar-refractivity contribution is -0.142. The number of benzene rings is 1. The molecule has 0 fully saturated rings. The number of fused-ring (bicyclic) bond motifs is 1. The van der Waals surface area contributed by atoms with Gasteiger partial charge in [-0.05, 0) is 37.1 Å². The molecule has 8 nitrogen and oxygen atoms in total. The number of carboxylic acid groups (broad SMARTS) is 1. The van der Waals surface area contributed by atoms with Crippen molar-refractivity contribution in [3.8, 4) is 0 Å². The highest BCUT2D eigenvalue weighted by Crippen LogP contribution is 2.21. The number of aryl methyl sites for hydroxylation is 1. The maximum Gasteiger partial charge on any atom is 0.326 e. The van der Waals surface area contributed by atoms with E-state index in [-0.39, 0.29) is 25.3 Å². The second kappa shape index (κ2) is 9.23. The number of rotatable bonds is 9. The van der Waals surface area contributed by atoms with Crippen molar-refractivity contribution in [1.82, 2.24) is 15.2 Å². The van der Waals surface area contributed by atoms with Crippen LogP contribution in [-0.4, -0.2) is 40.2 Å². The van der Waals surface area contributed by atoms with Gasteiger partial charge in [-0.25, -0.2) is 9.59 Å². The van der Waals surface area contributed by atoms with E-state index in [4.69, 9.17) is 5.73 Å². The lowest BCUT2D eigenvalue weighted by Gasteiger charge is -2.15. The van der Waals surface area contributed by atoms with Gasteiger partial charge in [0.1, 0.15) is 6.04 Å². The maximum absolute atomic E-state index is 12.1. The first-order chi connectivity index (χ1) is 12.4. The Balaban J connectivity index is 1.85. The van der Waals surface area contributed by atoms with Crippen molar-refractivity contribution in [2.75, 3.05) is 6.54 Å². The predicted octanol–water partition coefficient (Wildman–Crippen LogP) is 1.81. The molecule has 0 radical (unpaired) electrons. The molecule has 1 aromatic carbocycles. The number of carbonyl (C=O) groups is 3. The molecule has 0 bridgehead atoms. The smallest absolute Gasteiger partial charge is 0.326 e. The summed E-state index contributed by atoms with van der Waals surface area (Å²) >= 11 is 3.42. The molecule has 5 N–H and O–H groups in total. The molecule has 3 amide bonds. The fourth-order valence-electron chi connectivity index (χ4n) is 2.63. The quantitative estimate of drug-likeness (QED) is 0.457. The Kier molecular flexibility index (Phi) is 7.02. The molecule has 140 valence electrons. The number of aliphatic carboxylic acids is 1. The Labute approximate surface area is 158 Å². The van der Waals surface area contributed by atoms with Crippen molar-refractivity contribution in [3.63, 3.8) is 0 Å². The van der Waals surface area contributed by atoms with E-state index in [0.29, 0.717) is 13.0 Å². The van der Waals surface area contributed by atoms with E-state index in [9.17, 15) is 19.5 Å². The summed E-state index contributed by atoms with van der Waals surface area (Å²) in [5, 5.41) is 15.2. The third kappa shape index (κ3) is 5.76. The average Bonchev–Trinajstić information content (AvgIpc) is 2.97. The highest BCUT2D eigenvalue weighted by atomic mass is 79.9. The molecule has 0 spiro atoms. The number of hydrogen-bond donors (Lipinski definition) is 4. The molecule has 1 heterocycles. The Morgan fingerprint density at radius 1 is 1.27 bits per heavy atom. The van der Waals surface area contributed by atoms with Crippen molar-refractivity contribution in [2.24, 2.45) is 5.73 Å². The molecule has 26 heavy (non-hydrogen) atoms.